The fourth-order valence-electron chi connectivity index (χ4n) is 3.63. The third kappa shape index (κ3) is 3.24. The van der Waals surface area contributed by atoms with Crippen molar-refractivity contribution in [2.45, 2.75) is 43.5 Å². The highest BCUT2D eigenvalue weighted by Crippen LogP contribution is 2.31. The van der Waals surface area contributed by atoms with Gasteiger partial charge in [0.2, 0.25) is 10.0 Å². The van der Waals surface area contributed by atoms with E-state index in [1.165, 1.54) is 15.6 Å². The lowest BCUT2D eigenvalue weighted by Crippen LogP contribution is -2.38. The minimum absolute atomic E-state index is 0.0960. The van der Waals surface area contributed by atoms with Gasteiger partial charge in [0.25, 0.3) is 5.91 Å². The summed E-state index contributed by atoms with van der Waals surface area (Å²) in [6, 6.07) is 1.67. The van der Waals surface area contributed by atoms with Crippen molar-refractivity contribution in [1.82, 2.24) is 9.21 Å². The molecule has 2 aliphatic heterocycles. The van der Waals surface area contributed by atoms with Crippen LogP contribution in [-0.2, 0) is 10.0 Å². The number of piperidine rings is 1. The van der Waals surface area contributed by atoms with Crippen molar-refractivity contribution in [2.24, 2.45) is 11.7 Å². The van der Waals surface area contributed by atoms with Crippen molar-refractivity contribution >= 4 is 27.3 Å². The summed E-state index contributed by atoms with van der Waals surface area (Å²) in [7, 11) is -3.59. The molecule has 2 fully saturated rings. The smallest absolute Gasteiger partial charge is 0.265 e. The molecule has 1 aromatic heterocycles. The van der Waals surface area contributed by atoms with Crippen LogP contribution in [0.3, 0.4) is 0 Å². The second-order valence-corrected chi connectivity index (χ2v) is 9.55. The first kappa shape index (κ1) is 17.8. The number of hydrogen-bond donors (Lipinski definition) is 1. The predicted octanol–water partition coefficient (Wildman–Crippen LogP) is 1.73. The normalized spacial score (nSPS) is 26.0. The van der Waals surface area contributed by atoms with Gasteiger partial charge < -0.3 is 10.6 Å². The van der Waals surface area contributed by atoms with E-state index < -0.39 is 10.0 Å². The molecule has 3 heterocycles. The third-order valence-corrected chi connectivity index (χ3v) is 7.98. The molecule has 2 saturated heterocycles. The summed E-state index contributed by atoms with van der Waals surface area (Å²) in [5.74, 6) is 0.120. The Labute approximate surface area is 147 Å². The maximum Gasteiger partial charge on any atom is 0.265 e. The van der Waals surface area contributed by atoms with Crippen molar-refractivity contribution in [1.29, 1.82) is 0 Å². The number of carbonyl (C=O) groups excluding carboxylic acids is 1. The molecule has 0 saturated carbocycles. The maximum absolute atomic E-state index is 12.9. The highest BCUT2D eigenvalue weighted by atomic mass is 32.2. The molecule has 0 radical (unpaired) electrons. The summed E-state index contributed by atoms with van der Waals surface area (Å²) >= 11 is 1.22. The van der Waals surface area contributed by atoms with Crippen molar-refractivity contribution in [2.75, 3.05) is 26.2 Å². The molecule has 3 rings (SSSR count). The Balaban J connectivity index is 1.86. The minimum atomic E-state index is -3.59. The van der Waals surface area contributed by atoms with Crippen LogP contribution < -0.4 is 5.73 Å². The van der Waals surface area contributed by atoms with Gasteiger partial charge in [-0.05, 0) is 50.1 Å². The summed E-state index contributed by atoms with van der Waals surface area (Å²) in [6.45, 7) is 4.25. The lowest BCUT2D eigenvalue weighted by atomic mass is 10.1. The molecule has 6 nitrogen and oxygen atoms in total. The molecule has 0 bridgehead atoms. The molecule has 8 heteroatoms. The summed E-state index contributed by atoms with van der Waals surface area (Å²) < 4.78 is 27.4. The van der Waals surface area contributed by atoms with Gasteiger partial charge in [-0.25, -0.2) is 8.42 Å². The zero-order chi connectivity index (χ0) is 17.3. The van der Waals surface area contributed by atoms with E-state index in [-0.39, 0.29) is 16.8 Å². The Bertz CT molecular complexity index is 695. The molecule has 0 aliphatic carbocycles. The number of nitrogens with two attached hydrogens (primary N) is 1. The van der Waals surface area contributed by atoms with Crippen LogP contribution in [0.25, 0.3) is 0 Å². The minimum Gasteiger partial charge on any atom is -0.335 e. The van der Waals surface area contributed by atoms with Crippen LogP contribution in [0.1, 0.15) is 42.3 Å². The lowest BCUT2D eigenvalue weighted by molar-refractivity contribution is 0.0744. The molecule has 0 aromatic carbocycles. The summed E-state index contributed by atoms with van der Waals surface area (Å²) in [4.78, 5) is 15.2. The number of sulfonamides is 1. The highest BCUT2D eigenvalue weighted by Gasteiger charge is 2.37. The second kappa shape index (κ2) is 7.11. The van der Waals surface area contributed by atoms with Crippen LogP contribution in [0.15, 0.2) is 16.3 Å². The van der Waals surface area contributed by atoms with E-state index in [9.17, 15) is 13.2 Å². The van der Waals surface area contributed by atoms with Gasteiger partial charge in [-0.3, -0.25) is 4.79 Å². The van der Waals surface area contributed by atoms with Gasteiger partial charge in [0.15, 0.2) is 0 Å². The van der Waals surface area contributed by atoms with E-state index in [1.807, 2.05) is 6.92 Å². The Morgan fingerprint density at radius 2 is 2.04 bits per heavy atom. The van der Waals surface area contributed by atoms with E-state index in [2.05, 4.69) is 0 Å². The topological polar surface area (TPSA) is 83.7 Å². The third-order valence-electron chi connectivity index (χ3n) is 5.01. The Morgan fingerprint density at radius 3 is 2.67 bits per heavy atom. The van der Waals surface area contributed by atoms with E-state index in [1.54, 1.807) is 16.3 Å². The van der Waals surface area contributed by atoms with Gasteiger partial charge in [-0.1, -0.05) is 6.42 Å². The Morgan fingerprint density at radius 1 is 1.33 bits per heavy atom. The maximum atomic E-state index is 12.9. The summed E-state index contributed by atoms with van der Waals surface area (Å²) in [5.41, 5.74) is 5.74. The first-order valence-corrected chi connectivity index (χ1v) is 10.9. The average Bonchev–Trinajstić information content (AvgIpc) is 3.22. The van der Waals surface area contributed by atoms with E-state index in [0.717, 1.165) is 25.7 Å². The quantitative estimate of drug-likeness (QED) is 0.874. The van der Waals surface area contributed by atoms with E-state index in [4.69, 9.17) is 5.73 Å². The standard InChI is InChI=1S/C16H25N3O3S2/c1-12-9-13(10-17)11-19(12)16(20)15-14(5-8-23-15)24(21,22)18-6-3-2-4-7-18/h5,8,12-13H,2-4,6-7,9-11,17H2,1H3. The number of rotatable bonds is 4. The van der Waals surface area contributed by atoms with Crippen LogP contribution in [0.4, 0.5) is 0 Å². The van der Waals surface area contributed by atoms with Gasteiger partial charge in [-0.15, -0.1) is 11.3 Å². The Kier molecular flexibility index (Phi) is 5.29. The lowest BCUT2D eigenvalue weighted by Gasteiger charge is -2.26. The molecule has 0 spiro atoms. The van der Waals surface area contributed by atoms with Gasteiger partial charge in [0, 0.05) is 25.7 Å². The van der Waals surface area contributed by atoms with Crippen molar-refractivity contribution in [3.05, 3.63) is 16.3 Å². The van der Waals surface area contributed by atoms with Crippen molar-refractivity contribution < 1.29 is 13.2 Å². The average molecular weight is 372 g/mol. The summed E-state index contributed by atoms with van der Waals surface area (Å²) in [6.07, 6.45) is 3.71. The number of amides is 1. The molecule has 1 amide bonds. The fraction of sp³-hybridized carbons (Fsp3) is 0.688. The molecule has 134 valence electrons. The van der Waals surface area contributed by atoms with Gasteiger partial charge >= 0.3 is 0 Å². The van der Waals surface area contributed by atoms with Crippen LogP contribution in [0.5, 0.6) is 0 Å². The van der Waals surface area contributed by atoms with Crippen molar-refractivity contribution in [3.63, 3.8) is 0 Å². The number of nitrogens with zero attached hydrogens (tertiary/aromatic N) is 2. The SMILES string of the molecule is CC1CC(CN)CN1C(=O)c1sccc1S(=O)(=O)N1CCCCC1. The van der Waals surface area contributed by atoms with Crippen LogP contribution in [-0.4, -0.2) is 55.8 Å². The monoisotopic (exact) mass is 371 g/mol. The van der Waals surface area contributed by atoms with Gasteiger partial charge in [-0.2, -0.15) is 4.31 Å². The zero-order valence-corrected chi connectivity index (χ0v) is 15.6. The largest absolute Gasteiger partial charge is 0.335 e. The molecular weight excluding hydrogens is 346 g/mol. The fourth-order valence-corrected chi connectivity index (χ4v) is 6.50. The van der Waals surface area contributed by atoms with E-state index >= 15 is 0 Å². The predicted molar refractivity (Wildman–Crippen MR) is 94.6 cm³/mol. The van der Waals surface area contributed by atoms with Crippen LogP contribution in [0.2, 0.25) is 0 Å². The van der Waals surface area contributed by atoms with E-state index in [0.29, 0.717) is 37.0 Å². The van der Waals surface area contributed by atoms with Crippen LogP contribution in [0, 0.1) is 5.92 Å². The molecule has 1 aromatic rings. The van der Waals surface area contributed by atoms with Crippen LogP contribution >= 0.6 is 11.3 Å². The Hall–Kier alpha value is -0.960. The number of hydrogen-bond acceptors (Lipinski definition) is 5. The molecule has 2 unspecified atom stereocenters. The van der Waals surface area contributed by atoms with Crippen molar-refractivity contribution in [3.8, 4) is 0 Å². The first-order valence-electron chi connectivity index (χ1n) is 8.54. The number of thiophene rings is 1. The molecule has 2 aliphatic rings. The number of likely N-dealkylation sites (tertiary alicyclic amines) is 1. The number of carbonyl (C=O) groups is 1. The molecular formula is C16H25N3O3S2. The highest BCUT2D eigenvalue weighted by molar-refractivity contribution is 7.89. The second-order valence-electron chi connectivity index (χ2n) is 6.72. The molecule has 24 heavy (non-hydrogen) atoms. The van der Waals surface area contributed by atoms with Gasteiger partial charge in [0.05, 0.1) is 0 Å². The molecule has 2 N–H and O–H groups in total. The van der Waals surface area contributed by atoms with Gasteiger partial charge in [0.1, 0.15) is 9.77 Å². The summed E-state index contributed by atoms with van der Waals surface area (Å²) in [5, 5.41) is 1.70. The first-order chi connectivity index (χ1) is 11.4. The zero-order valence-electron chi connectivity index (χ0n) is 14.0. The molecule has 2 atom stereocenters.